The number of aromatic nitrogens is 1. The maximum Gasteiger partial charge on any atom is 0.0620 e. The summed E-state index contributed by atoms with van der Waals surface area (Å²) in [7, 11) is 0. The predicted octanol–water partition coefficient (Wildman–Crippen LogP) is 2.08. The zero-order valence-corrected chi connectivity index (χ0v) is 10.1. The van der Waals surface area contributed by atoms with Crippen molar-refractivity contribution in [1.29, 1.82) is 0 Å². The molecule has 0 saturated carbocycles. The quantitative estimate of drug-likeness (QED) is 0.843. The molecule has 88 valence electrons. The summed E-state index contributed by atoms with van der Waals surface area (Å²) in [4.78, 5) is 4.63. The highest BCUT2D eigenvalue weighted by Gasteiger charge is 2.14. The van der Waals surface area contributed by atoms with Crippen LogP contribution in [0.1, 0.15) is 37.6 Å². The molecule has 1 aliphatic heterocycles. The molecule has 0 unspecified atom stereocenters. The second-order valence-electron chi connectivity index (χ2n) is 4.65. The zero-order valence-electron chi connectivity index (χ0n) is 10.1. The summed E-state index contributed by atoms with van der Waals surface area (Å²) in [5, 5.41) is 3.48. The van der Waals surface area contributed by atoms with Gasteiger partial charge in [-0.2, -0.15) is 0 Å². The number of hydrogen-bond acceptors (Lipinski definition) is 3. The lowest BCUT2D eigenvalue weighted by molar-refractivity contribution is 0.189. The number of ether oxygens (including phenoxy) is 1. The molecule has 0 aliphatic carbocycles. The normalized spacial score (nSPS) is 20.6. The minimum absolute atomic E-state index is 0.495. The van der Waals surface area contributed by atoms with E-state index in [4.69, 9.17) is 4.74 Å². The van der Waals surface area contributed by atoms with Crippen LogP contribution in [-0.2, 0) is 11.3 Å². The first-order valence-corrected chi connectivity index (χ1v) is 6.02. The highest BCUT2D eigenvalue weighted by molar-refractivity contribution is 5.13. The third-order valence-electron chi connectivity index (χ3n) is 2.92. The van der Waals surface area contributed by atoms with Crippen LogP contribution in [-0.4, -0.2) is 24.2 Å². The third kappa shape index (κ3) is 3.03. The summed E-state index contributed by atoms with van der Waals surface area (Å²) in [6, 6.07) is 6.76. The first-order chi connectivity index (χ1) is 7.75. The van der Waals surface area contributed by atoms with Gasteiger partial charge in [0.05, 0.1) is 12.3 Å². The second-order valence-corrected chi connectivity index (χ2v) is 4.65. The van der Waals surface area contributed by atoms with Crippen molar-refractivity contribution in [2.45, 2.75) is 38.8 Å². The molecule has 16 heavy (non-hydrogen) atoms. The second kappa shape index (κ2) is 5.41. The minimum atomic E-state index is 0.495. The Morgan fingerprint density at radius 2 is 2.38 bits per heavy atom. The predicted molar refractivity (Wildman–Crippen MR) is 64.4 cm³/mol. The van der Waals surface area contributed by atoms with Crippen molar-refractivity contribution in [2.75, 3.05) is 13.2 Å². The van der Waals surface area contributed by atoms with E-state index in [9.17, 15) is 0 Å². The summed E-state index contributed by atoms with van der Waals surface area (Å²) in [6.45, 7) is 6.91. The molecule has 1 atom stereocenters. The molecule has 0 amide bonds. The van der Waals surface area contributed by atoms with E-state index in [1.807, 2.05) is 0 Å². The summed E-state index contributed by atoms with van der Waals surface area (Å²) < 4.78 is 5.32. The van der Waals surface area contributed by atoms with Crippen LogP contribution in [0.2, 0.25) is 0 Å². The Morgan fingerprint density at radius 1 is 1.50 bits per heavy atom. The van der Waals surface area contributed by atoms with E-state index in [1.165, 1.54) is 5.69 Å². The Morgan fingerprint density at radius 3 is 3.06 bits per heavy atom. The lowest BCUT2D eigenvalue weighted by atomic mass is 10.1. The van der Waals surface area contributed by atoms with Gasteiger partial charge in [0.25, 0.3) is 0 Å². The smallest absolute Gasteiger partial charge is 0.0620 e. The molecule has 1 aromatic rings. The SMILES string of the molecule is CC(C)c1cccc(CN[C@@H]2CCOC2)n1. The monoisotopic (exact) mass is 220 g/mol. The van der Waals surface area contributed by atoms with Gasteiger partial charge in [-0.1, -0.05) is 19.9 Å². The van der Waals surface area contributed by atoms with Gasteiger partial charge in [0, 0.05) is 24.9 Å². The van der Waals surface area contributed by atoms with Gasteiger partial charge in [0.2, 0.25) is 0 Å². The molecule has 0 radical (unpaired) electrons. The Labute approximate surface area is 97.2 Å². The molecule has 2 heterocycles. The zero-order chi connectivity index (χ0) is 11.4. The van der Waals surface area contributed by atoms with Gasteiger partial charge in [-0.3, -0.25) is 4.98 Å². The van der Waals surface area contributed by atoms with Gasteiger partial charge >= 0.3 is 0 Å². The number of nitrogens with one attached hydrogen (secondary N) is 1. The molecule has 2 rings (SSSR count). The Kier molecular flexibility index (Phi) is 3.91. The van der Waals surface area contributed by atoms with E-state index >= 15 is 0 Å². The van der Waals surface area contributed by atoms with Crippen molar-refractivity contribution in [3.8, 4) is 0 Å². The van der Waals surface area contributed by atoms with E-state index in [0.29, 0.717) is 12.0 Å². The summed E-state index contributed by atoms with van der Waals surface area (Å²) in [5.41, 5.74) is 2.29. The average molecular weight is 220 g/mol. The Hall–Kier alpha value is -0.930. The van der Waals surface area contributed by atoms with Crippen molar-refractivity contribution in [3.05, 3.63) is 29.6 Å². The van der Waals surface area contributed by atoms with Crippen LogP contribution >= 0.6 is 0 Å². The van der Waals surface area contributed by atoms with Crippen LogP contribution in [0.3, 0.4) is 0 Å². The molecule has 0 spiro atoms. The van der Waals surface area contributed by atoms with Gasteiger partial charge in [-0.25, -0.2) is 0 Å². The van der Waals surface area contributed by atoms with Gasteiger partial charge in [-0.15, -0.1) is 0 Å². The van der Waals surface area contributed by atoms with Crippen molar-refractivity contribution < 1.29 is 4.74 Å². The van der Waals surface area contributed by atoms with Crippen LogP contribution in [0.25, 0.3) is 0 Å². The molecule has 3 heteroatoms. The van der Waals surface area contributed by atoms with E-state index in [-0.39, 0.29) is 0 Å². The van der Waals surface area contributed by atoms with Gasteiger partial charge < -0.3 is 10.1 Å². The molecule has 0 bridgehead atoms. The molecule has 1 saturated heterocycles. The van der Waals surface area contributed by atoms with E-state index < -0.39 is 0 Å². The van der Waals surface area contributed by atoms with Crippen LogP contribution in [0.4, 0.5) is 0 Å². The minimum Gasteiger partial charge on any atom is -0.380 e. The number of nitrogens with zero attached hydrogens (tertiary/aromatic N) is 1. The lowest BCUT2D eigenvalue weighted by Gasteiger charge is -2.11. The van der Waals surface area contributed by atoms with Crippen molar-refractivity contribution in [1.82, 2.24) is 10.3 Å². The number of pyridine rings is 1. The fourth-order valence-corrected chi connectivity index (χ4v) is 1.86. The number of rotatable bonds is 4. The number of hydrogen-bond donors (Lipinski definition) is 1. The summed E-state index contributed by atoms with van der Waals surface area (Å²) in [5.74, 6) is 0.495. The molecular formula is C13H20N2O. The molecule has 1 aliphatic rings. The average Bonchev–Trinajstić information content (AvgIpc) is 2.79. The van der Waals surface area contributed by atoms with Gasteiger partial charge in [-0.05, 0) is 24.5 Å². The maximum absolute atomic E-state index is 5.32. The molecular weight excluding hydrogens is 200 g/mol. The molecule has 0 aromatic carbocycles. The van der Waals surface area contributed by atoms with E-state index in [1.54, 1.807) is 0 Å². The first-order valence-electron chi connectivity index (χ1n) is 6.02. The van der Waals surface area contributed by atoms with Crippen LogP contribution < -0.4 is 5.32 Å². The fourth-order valence-electron chi connectivity index (χ4n) is 1.86. The topological polar surface area (TPSA) is 34.1 Å². The van der Waals surface area contributed by atoms with Crippen molar-refractivity contribution >= 4 is 0 Å². The van der Waals surface area contributed by atoms with E-state index in [0.717, 1.165) is 31.9 Å². The summed E-state index contributed by atoms with van der Waals surface area (Å²) >= 11 is 0. The van der Waals surface area contributed by atoms with Crippen LogP contribution in [0, 0.1) is 0 Å². The fraction of sp³-hybridized carbons (Fsp3) is 0.615. The molecule has 1 N–H and O–H groups in total. The van der Waals surface area contributed by atoms with E-state index in [2.05, 4.69) is 42.3 Å². The molecule has 1 aromatic heterocycles. The standard InChI is InChI=1S/C13H20N2O/c1-10(2)13-5-3-4-11(15-13)8-14-12-6-7-16-9-12/h3-5,10,12,14H,6-9H2,1-2H3/t12-/m1/s1. The first kappa shape index (κ1) is 11.6. The van der Waals surface area contributed by atoms with Gasteiger partial charge in [0.1, 0.15) is 0 Å². The van der Waals surface area contributed by atoms with Crippen molar-refractivity contribution in [2.24, 2.45) is 0 Å². The Bertz CT molecular complexity index is 332. The highest BCUT2D eigenvalue weighted by atomic mass is 16.5. The van der Waals surface area contributed by atoms with Crippen molar-refractivity contribution in [3.63, 3.8) is 0 Å². The Balaban J connectivity index is 1.90. The van der Waals surface area contributed by atoms with Gasteiger partial charge in [0.15, 0.2) is 0 Å². The van der Waals surface area contributed by atoms with Crippen LogP contribution in [0.15, 0.2) is 18.2 Å². The highest BCUT2D eigenvalue weighted by Crippen LogP contribution is 2.12. The summed E-state index contributed by atoms with van der Waals surface area (Å²) in [6.07, 6.45) is 1.11. The lowest BCUT2D eigenvalue weighted by Crippen LogP contribution is -2.29. The molecule has 1 fully saturated rings. The largest absolute Gasteiger partial charge is 0.380 e. The van der Waals surface area contributed by atoms with Crippen LogP contribution in [0.5, 0.6) is 0 Å². The molecule has 3 nitrogen and oxygen atoms in total. The third-order valence-corrected chi connectivity index (χ3v) is 2.92. The maximum atomic E-state index is 5.32.